The van der Waals surface area contributed by atoms with E-state index >= 15 is 0 Å². The Kier molecular flexibility index (Phi) is 2.24. The Labute approximate surface area is 100 Å². The first-order valence-electron chi connectivity index (χ1n) is 5.96. The molecule has 0 aliphatic heterocycles. The van der Waals surface area contributed by atoms with Gasteiger partial charge in [0.15, 0.2) is 11.5 Å². The molecular formula is C13H17N3O. The van der Waals surface area contributed by atoms with Crippen LogP contribution in [-0.4, -0.2) is 17.6 Å². The minimum absolute atomic E-state index is 0.0858. The van der Waals surface area contributed by atoms with Crippen molar-refractivity contribution in [2.75, 3.05) is 7.05 Å². The molecule has 1 aromatic heterocycles. The molecule has 0 bridgehead atoms. The van der Waals surface area contributed by atoms with Crippen molar-refractivity contribution in [1.29, 1.82) is 0 Å². The number of nitrogens with zero attached hydrogens (tertiary/aromatic N) is 1. The first kappa shape index (κ1) is 10.7. The standard InChI is InChI=1S/C13H17N3O/c1-8-16-10-4-3-9(7-11(10)17-8)12(15-2)13(14)5-6-13/h3-4,7,12,15H,5-6,14H2,1-2H3. The molecule has 4 heteroatoms. The highest BCUT2D eigenvalue weighted by molar-refractivity contribution is 5.73. The van der Waals surface area contributed by atoms with Gasteiger partial charge < -0.3 is 15.5 Å². The van der Waals surface area contributed by atoms with E-state index in [4.69, 9.17) is 10.2 Å². The van der Waals surface area contributed by atoms with Gasteiger partial charge in [0, 0.05) is 12.5 Å². The first-order chi connectivity index (χ1) is 8.12. The summed E-state index contributed by atoms with van der Waals surface area (Å²) in [7, 11) is 1.95. The second kappa shape index (κ2) is 3.55. The lowest BCUT2D eigenvalue weighted by Crippen LogP contribution is -2.38. The molecule has 3 N–H and O–H groups in total. The Morgan fingerprint density at radius 2 is 2.24 bits per heavy atom. The minimum Gasteiger partial charge on any atom is -0.441 e. The molecule has 1 aromatic carbocycles. The quantitative estimate of drug-likeness (QED) is 0.846. The van der Waals surface area contributed by atoms with Crippen molar-refractivity contribution in [3.05, 3.63) is 29.7 Å². The molecule has 90 valence electrons. The molecule has 17 heavy (non-hydrogen) atoms. The summed E-state index contributed by atoms with van der Waals surface area (Å²) < 4.78 is 5.56. The fourth-order valence-corrected chi connectivity index (χ4v) is 2.46. The number of oxazole rings is 1. The van der Waals surface area contributed by atoms with Gasteiger partial charge in [0.2, 0.25) is 0 Å². The summed E-state index contributed by atoms with van der Waals surface area (Å²) in [4.78, 5) is 4.30. The Morgan fingerprint density at radius 1 is 1.47 bits per heavy atom. The molecule has 1 aliphatic carbocycles. The molecule has 1 unspecified atom stereocenters. The zero-order valence-corrected chi connectivity index (χ0v) is 10.2. The third-order valence-electron chi connectivity index (χ3n) is 3.54. The number of likely N-dealkylation sites (N-methyl/N-ethyl adjacent to an activating group) is 1. The molecule has 0 radical (unpaired) electrons. The maximum absolute atomic E-state index is 6.27. The summed E-state index contributed by atoms with van der Waals surface area (Å²) in [6.07, 6.45) is 2.15. The van der Waals surface area contributed by atoms with Gasteiger partial charge in [0.1, 0.15) is 5.52 Å². The molecule has 1 heterocycles. The molecule has 0 spiro atoms. The van der Waals surface area contributed by atoms with E-state index in [-0.39, 0.29) is 11.6 Å². The van der Waals surface area contributed by atoms with Crippen LogP contribution in [0.15, 0.2) is 22.6 Å². The lowest BCUT2D eigenvalue weighted by atomic mass is 9.98. The molecule has 2 aromatic rings. The average Bonchev–Trinajstić information content (AvgIpc) is 2.90. The van der Waals surface area contributed by atoms with Crippen LogP contribution in [-0.2, 0) is 0 Å². The first-order valence-corrected chi connectivity index (χ1v) is 5.96. The van der Waals surface area contributed by atoms with Crippen molar-refractivity contribution in [3.8, 4) is 0 Å². The van der Waals surface area contributed by atoms with E-state index in [1.54, 1.807) is 0 Å². The Balaban J connectivity index is 2.04. The fourth-order valence-electron chi connectivity index (χ4n) is 2.46. The second-order valence-corrected chi connectivity index (χ2v) is 4.91. The van der Waals surface area contributed by atoms with Gasteiger partial charge in [-0.2, -0.15) is 0 Å². The number of hydrogen-bond acceptors (Lipinski definition) is 4. The van der Waals surface area contributed by atoms with E-state index in [9.17, 15) is 0 Å². The number of rotatable bonds is 3. The van der Waals surface area contributed by atoms with Crippen LogP contribution < -0.4 is 11.1 Å². The number of fused-ring (bicyclic) bond motifs is 1. The minimum atomic E-state index is -0.0858. The zero-order chi connectivity index (χ0) is 12.0. The average molecular weight is 231 g/mol. The van der Waals surface area contributed by atoms with Crippen molar-refractivity contribution in [2.45, 2.75) is 31.3 Å². The number of nitrogens with two attached hydrogens (primary N) is 1. The topological polar surface area (TPSA) is 64.1 Å². The normalized spacial score (nSPS) is 19.5. The molecule has 1 atom stereocenters. The van der Waals surface area contributed by atoms with E-state index in [0.29, 0.717) is 5.89 Å². The summed E-state index contributed by atoms with van der Waals surface area (Å²) in [5, 5.41) is 3.31. The van der Waals surface area contributed by atoms with Crippen LogP contribution >= 0.6 is 0 Å². The van der Waals surface area contributed by atoms with Crippen molar-refractivity contribution in [1.82, 2.24) is 10.3 Å². The molecule has 0 saturated heterocycles. The summed E-state index contributed by atoms with van der Waals surface area (Å²) >= 11 is 0. The van der Waals surface area contributed by atoms with E-state index in [1.165, 1.54) is 5.56 Å². The Bertz CT molecular complexity index is 557. The number of benzene rings is 1. The fraction of sp³-hybridized carbons (Fsp3) is 0.462. The monoisotopic (exact) mass is 231 g/mol. The molecule has 1 aliphatic rings. The van der Waals surface area contributed by atoms with Gasteiger partial charge in [0.25, 0.3) is 0 Å². The van der Waals surface area contributed by atoms with Crippen molar-refractivity contribution < 1.29 is 4.42 Å². The zero-order valence-electron chi connectivity index (χ0n) is 10.2. The molecule has 1 saturated carbocycles. The third kappa shape index (κ3) is 1.73. The van der Waals surface area contributed by atoms with Gasteiger partial charge in [-0.25, -0.2) is 4.98 Å². The van der Waals surface area contributed by atoms with Gasteiger partial charge in [-0.3, -0.25) is 0 Å². The van der Waals surface area contributed by atoms with Crippen LogP contribution in [0, 0.1) is 6.92 Å². The highest BCUT2D eigenvalue weighted by Crippen LogP contribution is 2.43. The third-order valence-corrected chi connectivity index (χ3v) is 3.54. The number of nitrogens with one attached hydrogen (secondary N) is 1. The van der Waals surface area contributed by atoms with Gasteiger partial charge in [-0.15, -0.1) is 0 Å². The molecule has 3 rings (SSSR count). The molecule has 0 amide bonds. The van der Waals surface area contributed by atoms with Crippen LogP contribution in [0.1, 0.15) is 30.3 Å². The predicted octanol–water partition coefficient (Wildman–Crippen LogP) is 1.89. The number of aromatic nitrogens is 1. The maximum atomic E-state index is 6.27. The van der Waals surface area contributed by atoms with E-state index in [2.05, 4.69) is 16.4 Å². The van der Waals surface area contributed by atoms with Crippen LogP contribution in [0.5, 0.6) is 0 Å². The molecular weight excluding hydrogens is 214 g/mol. The molecule has 1 fully saturated rings. The predicted molar refractivity (Wildman–Crippen MR) is 66.7 cm³/mol. The van der Waals surface area contributed by atoms with Crippen LogP contribution in [0.25, 0.3) is 11.1 Å². The summed E-state index contributed by atoms with van der Waals surface area (Å²) in [6.45, 7) is 1.86. The Hall–Kier alpha value is -1.39. The summed E-state index contributed by atoms with van der Waals surface area (Å²) in [5.41, 5.74) is 9.11. The lowest BCUT2D eigenvalue weighted by molar-refractivity contribution is 0.461. The van der Waals surface area contributed by atoms with E-state index in [1.807, 2.05) is 26.1 Å². The Morgan fingerprint density at radius 3 is 2.88 bits per heavy atom. The van der Waals surface area contributed by atoms with Crippen molar-refractivity contribution in [3.63, 3.8) is 0 Å². The number of aryl methyl sites for hydroxylation is 1. The van der Waals surface area contributed by atoms with Crippen LogP contribution in [0.4, 0.5) is 0 Å². The van der Waals surface area contributed by atoms with E-state index in [0.717, 1.165) is 23.9 Å². The van der Waals surface area contributed by atoms with Gasteiger partial charge in [-0.05, 0) is 37.6 Å². The van der Waals surface area contributed by atoms with Crippen LogP contribution in [0.2, 0.25) is 0 Å². The SMILES string of the molecule is CNC(c1ccc2nc(C)oc2c1)C1(N)CC1. The van der Waals surface area contributed by atoms with Gasteiger partial charge in [-0.1, -0.05) is 6.07 Å². The molecule has 4 nitrogen and oxygen atoms in total. The lowest BCUT2D eigenvalue weighted by Gasteiger charge is -2.23. The smallest absolute Gasteiger partial charge is 0.192 e. The summed E-state index contributed by atoms with van der Waals surface area (Å²) in [6, 6.07) is 6.32. The maximum Gasteiger partial charge on any atom is 0.192 e. The highest BCUT2D eigenvalue weighted by Gasteiger charge is 2.45. The van der Waals surface area contributed by atoms with Gasteiger partial charge >= 0.3 is 0 Å². The van der Waals surface area contributed by atoms with E-state index < -0.39 is 0 Å². The summed E-state index contributed by atoms with van der Waals surface area (Å²) in [5.74, 6) is 0.701. The van der Waals surface area contributed by atoms with Crippen LogP contribution in [0.3, 0.4) is 0 Å². The number of hydrogen-bond donors (Lipinski definition) is 2. The van der Waals surface area contributed by atoms with Crippen molar-refractivity contribution in [2.24, 2.45) is 5.73 Å². The van der Waals surface area contributed by atoms with Crippen molar-refractivity contribution >= 4 is 11.1 Å². The largest absolute Gasteiger partial charge is 0.441 e. The highest BCUT2D eigenvalue weighted by atomic mass is 16.3. The van der Waals surface area contributed by atoms with Gasteiger partial charge in [0.05, 0.1) is 6.04 Å². The second-order valence-electron chi connectivity index (χ2n) is 4.91.